The summed E-state index contributed by atoms with van der Waals surface area (Å²) in [5.41, 5.74) is 7.14. The third kappa shape index (κ3) is 4.73. The molecule has 0 fully saturated rings. The molecule has 0 aromatic heterocycles. The lowest BCUT2D eigenvalue weighted by Gasteiger charge is -2.15. The van der Waals surface area contributed by atoms with E-state index in [1.54, 1.807) is 37.4 Å². The number of carbonyl (C=O) groups excluding carboxylic acids is 1. The van der Waals surface area contributed by atoms with Crippen molar-refractivity contribution in [1.82, 2.24) is 0 Å². The Bertz CT molecular complexity index is 780. The molecule has 0 atom stereocenters. The van der Waals surface area contributed by atoms with E-state index in [0.717, 1.165) is 6.42 Å². The SMILES string of the molecule is CCCOc1c(Cl)cc(C(=O)Nc2cc(OC)ccc2N)cc1OCC. The molecule has 2 aromatic rings. The van der Waals surface area contributed by atoms with Gasteiger partial charge in [0, 0.05) is 11.6 Å². The van der Waals surface area contributed by atoms with E-state index in [9.17, 15) is 4.79 Å². The number of benzene rings is 2. The van der Waals surface area contributed by atoms with Crippen LogP contribution in [-0.2, 0) is 0 Å². The molecular formula is C19H23ClN2O4. The highest BCUT2D eigenvalue weighted by Gasteiger charge is 2.17. The molecule has 2 aromatic carbocycles. The smallest absolute Gasteiger partial charge is 0.255 e. The lowest BCUT2D eigenvalue weighted by atomic mass is 10.1. The number of halogens is 1. The second-order valence-corrected chi connectivity index (χ2v) is 5.88. The molecule has 2 rings (SSSR count). The molecule has 0 heterocycles. The average Bonchev–Trinajstić information content (AvgIpc) is 2.63. The van der Waals surface area contributed by atoms with Crippen LogP contribution in [0.15, 0.2) is 30.3 Å². The molecular weight excluding hydrogens is 356 g/mol. The van der Waals surface area contributed by atoms with E-state index < -0.39 is 0 Å². The van der Waals surface area contributed by atoms with Gasteiger partial charge in [-0.2, -0.15) is 0 Å². The largest absolute Gasteiger partial charge is 0.497 e. The summed E-state index contributed by atoms with van der Waals surface area (Å²) in [5, 5.41) is 3.07. The summed E-state index contributed by atoms with van der Waals surface area (Å²) >= 11 is 6.30. The topological polar surface area (TPSA) is 82.8 Å². The molecule has 0 aliphatic heterocycles. The number of nitrogens with two attached hydrogens (primary N) is 1. The Morgan fingerprint density at radius 1 is 1.19 bits per heavy atom. The highest BCUT2D eigenvalue weighted by atomic mass is 35.5. The van der Waals surface area contributed by atoms with Crippen molar-refractivity contribution >= 4 is 28.9 Å². The fourth-order valence-electron chi connectivity index (χ4n) is 2.27. The Morgan fingerprint density at radius 3 is 2.62 bits per heavy atom. The molecule has 1 amide bonds. The van der Waals surface area contributed by atoms with Crippen LogP contribution in [-0.4, -0.2) is 26.2 Å². The Hall–Kier alpha value is -2.60. The molecule has 0 radical (unpaired) electrons. The predicted molar refractivity (Wildman–Crippen MR) is 104 cm³/mol. The van der Waals surface area contributed by atoms with Crippen molar-refractivity contribution < 1.29 is 19.0 Å². The second-order valence-electron chi connectivity index (χ2n) is 5.47. The van der Waals surface area contributed by atoms with Crippen LogP contribution in [0, 0.1) is 0 Å². The number of anilines is 2. The van der Waals surface area contributed by atoms with E-state index in [4.69, 9.17) is 31.5 Å². The number of nitrogens with one attached hydrogen (secondary N) is 1. The third-order valence-corrected chi connectivity index (χ3v) is 3.81. The maximum Gasteiger partial charge on any atom is 0.255 e. The Balaban J connectivity index is 2.31. The van der Waals surface area contributed by atoms with Gasteiger partial charge in [0.05, 0.1) is 36.7 Å². The molecule has 26 heavy (non-hydrogen) atoms. The van der Waals surface area contributed by atoms with Crippen LogP contribution in [0.25, 0.3) is 0 Å². The van der Waals surface area contributed by atoms with Crippen molar-refractivity contribution in [2.24, 2.45) is 0 Å². The summed E-state index contributed by atoms with van der Waals surface area (Å²) in [6.07, 6.45) is 0.833. The number of ether oxygens (including phenoxy) is 3. The summed E-state index contributed by atoms with van der Waals surface area (Å²) in [6, 6.07) is 8.17. The quantitative estimate of drug-likeness (QED) is 0.666. The molecule has 0 aliphatic carbocycles. The standard InChI is InChI=1S/C19H23ClN2O4/c1-4-8-26-18-14(20)9-12(10-17(18)25-5-2)19(23)22-16-11-13(24-3)6-7-15(16)21/h6-7,9-11H,4-5,8,21H2,1-3H3,(H,22,23). The van der Waals surface area contributed by atoms with E-state index >= 15 is 0 Å². The van der Waals surface area contributed by atoms with Crippen LogP contribution < -0.4 is 25.3 Å². The number of nitrogen functional groups attached to an aromatic ring is 1. The van der Waals surface area contributed by atoms with E-state index in [0.29, 0.717) is 52.4 Å². The molecule has 0 unspecified atom stereocenters. The molecule has 0 aliphatic rings. The van der Waals surface area contributed by atoms with Crippen molar-refractivity contribution in [3.63, 3.8) is 0 Å². The lowest BCUT2D eigenvalue weighted by Crippen LogP contribution is -2.14. The first-order valence-corrected chi connectivity index (χ1v) is 8.71. The first-order valence-electron chi connectivity index (χ1n) is 8.34. The average molecular weight is 379 g/mol. The number of hydrogen-bond donors (Lipinski definition) is 2. The van der Waals surface area contributed by atoms with Crippen LogP contribution in [0.5, 0.6) is 17.2 Å². The first-order chi connectivity index (χ1) is 12.5. The lowest BCUT2D eigenvalue weighted by molar-refractivity contribution is 0.102. The zero-order chi connectivity index (χ0) is 19.1. The van der Waals surface area contributed by atoms with Gasteiger partial charge in [0.15, 0.2) is 11.5 Å². The Kier molecular flexibility index (Phi) is 6.97. The van der Waals surface area contributed by atoms with Crippen LogP contribution >= 0.6 is 11.6 Å². The number of rotatable bonds is 8. The van der Waals surface area contributed by atoms with Gasteiger partial charge in [0.25, 0.3) is 5.91 Å². The summed E-state index contributed by atoms with van der Waals surface area (Å²) in [5.74, 6) is 1.09. The number of methoxy groups -OCH3 is 1. The third-order valence-electron chi connectivity index (χ3n) is 3.53. The molecule has 0 spiro atoms. The zero-order valence-electron chi connectivity index (χ0n) is 15.1. The second kappa shape index (κ2) is 9.20. The summed E-state index contributed by atoms with van der Waals surface area (Å²) in [4.78, 5) is 12.6. The molecule has 0 saturated carbocycles. The van der Waals surface area contributed by atoms with Crippen molar-refractivity contribution in [3.8, 4) is 17.2 Å². The molecule has 6 nitrogen and oxygen atoms in total. The zero-order valence-corrected chi connectivity index (χ0v) is 15.9. The van der Waals surface area contributed by atoms with Gasteiger partial charge in [-0.05, 0) is 37.6 Å². The fourth-order valence-corrected chi connectivity index (χ4v) is 2.54. The highest BCUT2D eigenvalue weighted by Crippen LogP contribution is 2.37. The molecule has 0 saturated heterocycles. The van der Waals surface area contributed by atoms with Gasteiger partial charge in [0.1, 0.15) is 5.75 Å². The minimum atomic E-state index is -0.366. The first kappa shape index (κ1) is 19.7. The van der Waals surface area contributed by atoms with Crippen LogP contribution in [0.2, 0.25) is 5.02 Å². The summed E-state index contributed by atoms with van der Waals surface area (Å²) in [6.45, 7) is 4.77. The molecule has 7 heteroatoms. The Labute approximate surface area is 158 Å². The van der Waals surface area contributed by atoms with E-state index in [1.165, 1.54) is 0 Å². The Morgan fingerprint density at radius 2 is 1.96 bits per heavy atom. The van der Waals surface area contributed by atoms with Crippen molar-refractivity contribution in [1.29, 1.82) is 0 Å². The number of carbonyl (C=O) groups is 1. The van der Waals surface area contributed by atoms with Gasteiger partial charge in [-0.1, -0.05) is 18.5 Å². The minimum absolute atomic E-state index is 0.313. The minimum Gasteiger partial charge on any atom is -0.497 e. The summed E-state index contributed by atoms with van der Waals surface area (Å²) < 4.78 is 16.4. The molecule has 140 valence electrons. The normalized spacial score (nSPS) is 10.3. The van der Waals surface area contributed by atoms with Gasteiger partial charge in [-0.15, -0.1) is 0 Å². The van der Waals surface area contributed by atoms with Crippen LogP contribution in [0.4, 0.5) is 11.4 Å². The molecule has 3 N–H and O–H groups in total. The van der Waals surface area contributed by atoms with Crippen molar-refractivity contribution in [2.45, 2.75) is 20.3 Å². The van der Waals surface area contributed by atoms with Gasteiger partial charge in [-0.25, -0.2) is 0 Å². The van der Waals surface area contributed by atoms with Crippen molar-refractivity contribution in [2.75, 3.05) is 31.4 Å². The van der Waals surface area contributed by atoms with Crippen molar-refractivity contribution in [3.05, 3.63) is 40.9 Å². The fraction of sp³-hybridized carbons (Fsp3) is 0.316. The highest BCUT2D eigenvalue weighted by molar-refractivity contribution is 6.32. The van der Waals surface area contributed by atoms with Gasteiger partial charge in [0.2, 0.25) is 0 Å². The van der Waals surface area contributed by atoms with Crippen LogP contribution in [0.1, 0.15) is 30.6 Å². The van der Waals surface area contributed by atoms with Gasteiger partial charge < -0.3 is 25.3 Å². The number of hydrogen-bond acceptors (Lipinski definition) is 5. The number of amides is 1. The summed E-state index contributed by atoms with van der Waals surface area (Å²) in [7, 11) is 1.54. The van der Waals surface area contributed by atoms with Crippen LogP contribution in [0.3, 0.4) is 0 Å². The van der Waals surface area contributed by atoms with Gasteiger partial charge >= 0.3 is 0 Å². The maximum absolute atomic E-state index is 12.6. The van der Waals surface area contributed by atoms with E-state index in [-0.39, 0.29) is 5.91 Å². The predicted octanol–water partition coefficient (Wildman–Crippen LogP) is 4.37. The van der Waals surface area contributed by atoms with E-state index in [2.05, 4.69) is 5.32 Å². The van der Waals surface area contributed by atoms with E-state index in [1.807, 2.05) is 13.8 Å². The monoisotopic (exact) mass is 378 g/mol. The molecule has 0 bridgehead atoms. The maximum atomic E-state index is 12.6. The van der Waals surface area contributed by atoms with Gasteiger partial charge in [-0.3, -0.25) is 4.79 Å².